The number of aromatic nitrogens is 4. The van der Waals surface area contributed by atoms with E-state index < -0.39 is 0 Å². The average molecular weight is 653 g/mol. The summed E-state index contributed by atoms with van der Waals surface area (Å²) in [5.41, 5.74) is 9.73. The molecule has 0 saturated heterocycles. The molecule has 238 valence electrons. The highest BCUT2D eigenvalue weighted by Crippen LogP contribution is 2.40. The van der Waals surface area contributed by atoms with Crippen LogP contribution in [0.2, 0.25) is 0 Å². The Balaban J connectivity index is 1.11. The minimum Gasteiger partial charge on any atom is -0.455 e. The molecule has 0 N–H and O–H groups in total. The second kappa shape index (κ2) is 11.9. The van der Waals surface area contributed by atoms with Crippen molar-refractivity contribution in [2.45, 2.75) is 0 Å². The molecule has 10 aromatic rings. The van der Waals surface area contributed by atoms with E-state index in [1.807, 2.05) is 79.0 Å². The van der Waals surface area contributed by atoms with Gasteiger partial charge in [-0.2, -0.15) is 0 Å². The van der Waals surface area contributed by atoms with E-state index in [2.05, 4.69) is 91.0 Å². The number of benzene rings is 7. The number of para-hydroxylation sites is 1. The van der Waals surface area contributed by atoms with Gasteiger partial charge in [0, 0.05) is 50.0 Å². The molecule has 0 spiro atoms. The molecule has 51 heavy (non-hydrogen) atoms. The average Bonchev–Trinajstić information content (AvgIpc) is 3.59. The van der Waals surface area contributed by atoms with E-state index in [1.54, 1.807) is 0 Å². The molecule has 0 aliphatic rings. The standard InChI is InChI=1S/C46H28N4O/c1-3-11-30(12-4-1)44-48-45(31-13-5-2-6-14-31)50-46(49-44)32-21-19-29(20-22-32)39-25-35(26-40-38-17-9-10-18-42(38)51-43(39)40)33-23-24-37-36-16-8-7-15-34(36)28-47-41(37)27-33/h1-28H. The van der Waals surface area contributed by atoms with Crippen LogP contribution in [0.15, 0.2) is 174 Å². The molecular weight excluding hydrogens is 625 g/mol. The van der Waals surface area contributed by atoms with Crippen molar-refractivity contribution in [2.75, 3.05) is 0 Å². The largest absolute Gasteiger partial charge is 0.455 e. The fourth-order valence-electron chi connectivity index (χ4n) is 6.98. The molecule has 3 heterocycles. The molecule has 0 aliphatic carbocycles. The molecule has 5 heteroatoms. The summed E-state index contributed by atoms with van der Waals surface area (Å²) in [7, 11) is 0. The molecular formula is C46H28N4O. The zero-order valence-corrected chi connectivity index (χ0v) is 27.4. The predicted octanol–water partition coefficient (Wildman–Crippen LogP) is 11.8. The van der Waals surface area contributed by atoms with Crippen molar-refractivity contribution in [1.29, 1.82) is 0 Å². The molecule has 0 radical (unpaired) electrons. The summed E-state index contributed by atoms with van der Waals surface area (Å²) >= 11 is 0. The molecule has 0 aliphatic heterocycles. The van der Waals surface area contributed by atoms with Crippen LogP contribution in [0.5, 0.6) is 0 Å². The quantitative estimate of drug-likeness (QED) is 0.173. The third-order valence-corrected chi connectivity index (χ3v) is 9.56. The van der Waals surface area contributed by atoms with Gasteiger partial charge in [0.2, 0.25) is 0 Å². The van der Waals surface area contributed by atoms with Gasteiger partial charge in [-0.1, -0.05) is 140 Å². The molecule has 5 nitrogen and oxygen atoms in total. The first-order valence-electron chi connectivity index (χ1n) is 17.0. The van der Waals surface area contributed by atoms with E-state index in [0.717, 1.165) is 77.2 Å². The topological polar surface area (TPSA) is 64.7 Å². The summed E-state index contributed by atoms with van der Waals surface area (Å²) in [6, 6.07) is 56.2. The normalized spacial score (nSPS) is 11.5. The number of pyridine rings is 1. The molecule has 0 bridgehead atoms. The maximum absolute atomic E-state index is 6.55. The zero-order chi connectivity index (χ0) is 33.7. The smallest absolute Gasteiger partial charge is 0.164 e. The monoisotopic (exact) mass is 652 g/mol. The van der Waals surface area contributed by atoms with Crippen LogP contribution in [-0.4, -0.2) is 19.9 Å². The van der Waals surface area contributed by atoms with Crippen molar-refractivity contribution in [1.82, 2.24) is 19.9 Å². The second-order valence-corrected chi connectivity index (χ2v) is 12.7. The van der Waals surface area contributed by atoms with Crippen LogP contribution in [0, 0.1) is 0 Å². The minimum absolute atomic E-state index is 0.619. The van der Waals surface area contributed by atoms with Crippen LogP contribution in [0.1, 0.15) is 0 Å². The summed E-state index contributed by atoms with van der Waals surface area (Å²) in [6.07, 6.45) is 1.96. The summed E-state index contributed by atoms with van der Waals surface area (Å²) in [5.74, 6) is 1.89. The third kappa shape index (κ3) is 5.11. The Kier molecular flexibility index (Phi) is 6.74. The van der Waals surface area contributed by atoms with Crippen LogP contribution in [0.3, 0.4) is 0 Å². The SMILES string of the molecule is c1ccc(-c2nc(-c3ccccc3)nc(-c3ccc(-c4cc(-c5ccc6c(c5)ncc5ccccc56)cc5c4oc4ccccc45)cc3)n2)cc1. The lowest BCUT2D eigenvalue weighted by Crippen LogP contribution is -2.00. The van der Waals surface area contributed by atoms with Gasteiger partial charge in [0.25, 0.3) is 0 Å². The Hall–Kier alpha value is -6.98. The zero-order valence-electron chi connectivity index (χ0n) is 27.4. The number of hydrogen-bond donors (Lipinski definition) is 0. The summed E-state index contributed by atoms with van der Waals surface area (Å²) in [5, 5.41) is 5.65. The lowest BCUT2D eigenvalue weighted by Gasteiger charge is -2.11. The summed E-state index contributed by atoms with van der Waals surface area (Å²) < 4.78 is 6.55. The highest BCUT2D eigenvalue weighted by atomic mass is 16.3. The Morgan fingerprint density at radius 2 is 0.941 bits per heavy atom. The molecule has 10 rings (SSSR count). The maximum atomic E-state index is 6.55. The van der Waals surface area contributed by atoms with Gasteiger partial charge in [0.1, 0.15) is 11.2 Å². The number of nitrogens with zero attached hydrogens (tertiary/aromatic N) is 4. The van der Waals surface area contributed by atoms with E-state index in [-0.39, 0.29) is 0 Å². The van der Waals surface area contributed by atoms with E-state index in [0.29, 0.717) is 17.5 Å². The molecule has 7 aromatic carbocycles. The van der Waals surface area contributed by atoms with Crippen LogP contribution >= 0.6 is 0 Å². The summed E-state index contributed by atoms with van der Waals surface area (Å²) in [6.45, 7) is 0. The van der Waals surface area contributed by atoms with Gasteiger partial charge in [0.15, 0.2) is 17.5 Å². The number of furan rings is 1. The maximum Gasteiger partial charge on any atom is 0.164 e. The molecule has 0 amide bonds. The van der Waals surface area contributed by atoms with Crippen molar-refractivity contribution >= 4 is 43.6 Å². The van der Waals surface area contributed by atoms with Gasteiger partial charge in [-0.3, -0.25) is 4.98 Å². The van der Waals surface area contributed by atoms with Gasteiger partial charge in [-0.15, -0.1) is 0 Å². The highest BCUT2D eigenvalue weighted by molar-refractivity contribution is 6.12. The highest BCUT2D eigenvalue weighted by Gasteiger charge is 2.17. The Labute approximate surface area is 293 Å². The first-order chi connectivity index (χ1) is 25.2. The predicted molar refractivity (Wildman–Crippen MR) is 207 cm³/mol. The molecule has 0 fully saturated rings. The van der Waals surface area contributed by atoms with Gasteiger partial charge in [0.05, 0.1) is 5.52 Å². The lowest BCUT2D eigenvalue weighted by molar-refractivity contribution is 0.670. The number of fused-ring (bicyclic) bond motifs is 6. The fraction of sp³-hybridized carbons (Fsp3) is 0. The van der Waals surface area contributed by atoms with Gasteiger partial charge < -0.3 is 4.42 Å². The molecule has 0 unspecified atom stereocenters. The molecule has 0 saturated carbocycles. The number of rotatable bonds is 5. The Morgan fingerprint density at radius 3 is 1.65 bits per heavy atom. The van der Waals surface area contributed by atoms with Crippen LogP contribution in [0.25, 0.3) is 100 Å². The van der Waals surface area contributed by atoms with Crippen molar-refractivity contribution in [3.8, 4) is 56.4 Å². The van der Waals surface area contributed by atoms with Crippen LogP contribution in [0.4, 0.5) is 0 Å². The first-order valence-corrected chi connectivity index (χ1v) is 17.0. The van der Waals surface area contributed by atoms with Crippen LogP contribution in [-0.2, 0) is 0 Å². The number of hydrogen-bond acceptors (Lipinski definition) is 5. The Morgan fingerprint density at radius 1 is 0.373 bits per heavy atom. The van der Waals surface area contributed by atoms with Gasteiger partial charge in [-0.25, -0.2) is 15.0 Å². The van der Waals surface area contributed by atoms with E-state index in [9.17, 15) is 0 Å². The van der Waals surface area contributed by atoms with Crippen molar-refractivity contribution in [2.24, 2.45) is 0 Å². The fourth-order valence-corrected chi connectivity index (χ4v) is 6.98. The third-order valence-electron chi connectivity index (χ3n) is 9.56. The molecule has 0 atom stereocenters. The van der Waals surface area contributed by atoms with Crippen molar-refractivity contribution in [3.63, 3.8) is 0 Å². The van der Waals surface area contributed by atoms with E-state index >= 15 is 0 Å². The summed E-state index contributed by atoms with van der Waals surface area (Å²) in [4.78, 5) is 19.5. The van der Waals surface area contributed by atoms with E-state index in [4.69, 9.17) is 24.4 Å². The van der Waals surface area contributed by atoms with E-state index in [1.165, 1.54) is 5.39 Å². The molecule has 3 aromatic heterocycles. The second-order valence-electron chi connectivity index (χ2n) is 12.7. The minimum atomic E-state index is 0.619. The first kappa shape index (κ1) is 29.0. The van der Waals surface area contributed by atoms with Crippen LogP contribution < -0.4 is 0 Å². The van der Waals surface area contributed by atoms with Gasteiger partial charge >= 0.3 is 0 Å². The van der Waals surface area contributed by atoms with Crippen molar-refractivity contribution in [3.05, 3.63) is 170 Å². The van der Waals surface area contributed by atoms with Gasteiger partial charge in [-0.05, 0) is 46.3 Å². The Bertz CT molecular complexity index is 2840. The van der Waals surface area contributed by atoms with Crippen molar-refractivity contribution < 1.29 is 4.42 Å². The lowest BCUT2D eigenvalue weighted by atomic mass is 9.94.